The number of nitrogens with zero attached hydrogens (tertiary/aromatic N) is 2. The van der Waals surface area contributed by atoms with Crippen LogP contribution >= 0.6 is 27.5 Å². The van der Waals surface area contributed by atoms with Gasteiger partial charge >= 0.3 is 0 Å². The third-order valence-electron chi connectivity index (χ3n) is 3.33. The number of hydrogen-bond donors (Lipinski definition) is 0. The minimum atomic E-state index is -0.489. The molecule has 0 fully saturated rings. The summed E-state index contributed by atoms with van der Waals surface area (Å²) in [6.45, 7) is -0.0698. The van der Waals surface area contributed by atoms with E-state index in [0.29, 0.717) is 10.5 Å². The SMILES string of the molecule is O=C(c1ccc(Br)o1)N(Cc1c(F)cccc1Cl)c1ccccn1. The molecule has 0 N–H and O–H groups in total. The van der Waals surface area contributed by atoms with Crippen molar-refractivity contribution >= 4 is 39.3 Å². The molecule has 1 amide bonds. The Kier molecular flexibility index (Phi) is 4.97. The molecule has 0 atom stereocenters. The van der Waals surface area contributed by atoms with Crippen LogP contribution < -0.4 is 4.90 Å². The molecule has 2 heterocycles. The maximum absolute atomic E-state index is 14.1. The first-order valence-electron chi connectivity index (χ1n) is 6.97. The van der Waals surface area contributed by atoms with Crippen LogP contribution in [0.25, 0.3) is 0 Å². The topological polar surface area (TPSA) is 46.3 Å². The molecule has 7 heteroatoms. The Morgan fingerprint density at radius 1 is 1.21 bits per heavy atom. The minimum Gasteiger partial charge on any atom is -0.444 e. The second-order valence-electron chi connectivity index (χ2n) is 4.88. The highest BCUT2D eigenvalue weighted by atomic mass is 79.9. The lowest BCUT2D eigenvalue weighted by atomic mass is 10.2. The van der Waals surface area contributed by atoms with Crippen LogP contribution in [0.3, 0.4) is 0 Å². The number of rotatable bonds is 4. The quantitative estimate of drug-likeness (QED) is 0.604. The van der Waals surface area contributed by atoms with Gasteiger partial charge in [0.15, 0.2) is 10.4 Å². The van der Waals surface area contributed by atoms with Gasteiger partial charge in [0.1, 0.15) is 11.6 Å². The summed E-state index contributed by atoms with van der Waals surface area (Å²) >= 11 is 9.25. The predicted molar refractivity (Wildman–Crippen MR) is 92.6 cm³/mol. The molecule has 122 valence electrons. The van der Waals surface area contributed by atoms with E-state index >= 15 is 0 Å². The highest BCUT2D eigenvalue weighted by Gasteiger charge is 2.24. The van der Waals surface area contributed by atoms with Gasteiger partial charge in [-0.15, -0.1) is 0 Å². The normalized spacial score (nSPS) is 10.6. The molecular formula is C17H11BrClFN2O2. The zero-order valence-electron chi connectivity index (χ0n) is 12.2. The zero-order valence-corrected chi connectivity index (χ0v) is 14.6. The Labute approximate surface area is 151 Å². The molecule has 3 rings (SSSR count). The lowest BCUT2D eigenvalue weighted by molar-refractivity contribution is 0.0956. The van der Waals surface area contributed by atoms with Gasteiger partial charge in [-0.05, 0) is 52.3 Å². The number of hydrogen-bond acceptors (Lipinski definition) is 3. The Bertz CT molecular complexity index is 850. The monoisotopic (exact) mass is 408 g/mol. The van der Waals surface area contributed by atoms with Gasteiger partial charge in [0.25, 0.3) is 5.91 Å². The summed E-state index contributed by atoms with van der Waals surface area (Å²) < 4.78 is 19.9. The molecule has 0 unspecified atom stereocenters. The minimum absolute atomic E-state index is 0.0698. The summed E-state index contributed by atoms with van der Waals surface area (Å²) in [4.78, 5) is 18.3. The van der Waals surface area contributed by atoms with Crippen molar-refractivity contribution < 1.29 is 13.6 Å². The Balaban J connectivity index is 2.01. The van der Waals surface area contributed by atoms with Crippen molar-refractivity contribution in [1.29, 1.82) is 0 Å². The second-order valence-corrected chi connectivity index (χ2v) is 6.07. The van der Waals surface area contributed by atoms with Crippen molar-refractivity contribution in [3.63, 3.8) is 0 Å². The van der Waals surface area contributed by atoms with Crippen LogP contribution in [0.5, 0.6) is 0 Å². The van der Waals surface area contributed by atoms with E-state index in [1.54, 1.807) is 36.5 Å². The van der Waals surface area contributed by atoms with Gasteiger partial charge in [-0.1, -0.05) is 23.7 Å². The first kappa shape index (κ1) is 16.7. The van der Waals surface area contributed by atoms with E-state index in [2.05, 4.69) is 20.9 Å². The lowest BCUT2D eigenvalue weighted by Gasteiger charge is -2.21. The average Bonchev–Trinajstić information content (AvgIpc) is 3.01. The highest BCUT2D eigenvalue weighted by molar-refractivity contribution is 9.10. The van der Waals surface area contributed by atoms with Crippen molar-refractivity contribution in [3.8, 4) is 0 Å². The van der Waals surface area contributed by atoms with Crippen LogP contribution in [0, 0.1) is 5.82 Å². The number of pyridine rings is 1. The Morgan fingerprint density at radius 2 is 2.04 bits per heavy atom. The summed E-state index contributed by atoms with van der Waals surface area (Å²) in [5.41, 5.74) is 0.212. The molecule has 3 aromatic rings. The van der Waals surface area contributed by atoms with Gasteiger partial charge in [0.2, 0.25) is 0 Å². The molecule has 0 aliphatic rings. The van der Waals surface area contributed by atoms with Crippen LogP contribution in [-0.4, -0.2) is 10.9 Å². The lowest BCUT2D eigenvalue weighted by Crippen LogP contribution is -2.31. The van der Waals surface area contributed by atoms with Crippen molar-refractivity contribution in [2.75, 3.05) is 4.90 Å². The van der Waals surface area contributed by atoms with E-state index in [0.717, 1.165) is 0 Å². The molecule has 0 aliphatic heterocycles. The van der Waals surface area contributed by atoms with Crippen molar-refractivity contribution in [3.05, 3.63) is 81.6 Å². The van der Waals surface area contributed by atoms with Crippen LogP contribution in [0.1, 0.15) is 16.1 Å². The van der Waals surface area contributed by atoms with E-state index in [4.69, 9.17) is 16.0 Å². The number of anilines is 1. The average molecular weight is 410 g/mol. The van der Waals surface area contributed by atoms with Crippen molar-refractivity contribution in [1.82, 2.24) is 4.98 Å². The molecule has 24 heavy (non-hydrogen) atoms. The van der Waals surface area contributed by atoms with Crippen LogP contribution in [0.15, 0.2) is 63.8 Å². The van der Waals surface area contributed by atoms with E-state index in [9.17, 15) is 9.18 Å². The number of amides is 1. The molecule has 2 aromatic heterocycles. The number of benzene rings is 1. The van der Waals surface area contributed by atoms with E-state index in [1.165, 1.54) is 23.1 Å². The van der Waals surface area contributed by atoms with Gasteiger partial charge < -0.3 is 4.42 Å². The van der Waals surface area contributed by atoms with Gasteiger partial charge in [0.05, 0.1) is 6.54 Å². The fourth-order valence-electron chi connectivity index (χ4n) is 2.17. The Morgan fingerprint density at radius 3 is 2.67 bits per heavy atom. The maximum Gasteiger partial charge on any atom is 0.295 e. The van der Waals surface area contributed by atoms with E-state index < -0.39 is 11.7 Å². The standard InChI is InChI=1S/C17H11BrClFN2O2/c18-15-8-7-14(24-15)17(23)22(16-6-1-2-9-21-16)10-11-12(19)4-3-5-13(11)20/h1-9H,10H2. The van der Waals surface area contributed by atoms with Gasteiger partial charge in [-0.25, -0.2) is 9.37 Å². The molecule has 0 bridgehead atoms. The smallest absolute Gasteiger partial charge is 0.295 e. The van der Waals surface area contributed by atoms with Crippen LogP contribution in [0.4, 0.5) is 10.2 Å². The molecule has 0 radical (unpaired) electrons. The molecular weight excluding hydrogens is 399 g/mol. The predicted octanol–water partition coefficient (Wildman–Crippen LogP) is 5.08. The Hall–Kier alpha value is -2.18. The van der Waals surface area contributed by atoms with E-state index in [-0.39, 0.29) is 22.9 Å². The molecule has 0 saturated heterocycles. The molecule has 4 nitrogen and oxygen atoms in total. The van der Waals surface area contributed by atoms with Gasteiger partial charge in [0, 0.05) is 16.8 Å². The van der Waals surface area contributed by atoms with Crippen molar-refractivity contribution in [2.45, 2.75) is 6.54 Å². The largest absolute Gasteiger partial charge is 0.444 e. The number of carbonyl (C=O) groups is 1. The molecule has 0 aliphatic carbocycles. The van der Waals surface area contributed by atoms with Gasteiger partial charge in [-0.2, -0.15) is 0 Å². The summed E-state index contributed by atoms with van der Waals surface area (Å²) in [6.07, 6.45) is 1.55. The molecule has 0 spiro atoms. The summed E-state index contributed by atoms with van der Waals surface area (Å²) in [7, 11) is 0. The summed E-state index contributed by atoms with van der Waals surface area (Å²) in [5.74, 6) is -0.454. The van der Waals surface area contributed by atoms with E-state index in [1.807, 2.05) is 0 Å². The number of furan rings is 1. The first-order chi connectivity index (χ1) is 11.6. The summed E-state index contributed by atoms with van der Waals surface area (Å²) in [6, 6.07) is 12.7. The fourth-order valence-corrected chi connectivity index (χ4v) is 2.70. The summed E-state index contributed by atoms with van der Waals surface area (Å²) in [5, 5.41) is 0.240. The van der Waals surface area contributed by atoms with Crippen LogP contribution in [0.2, 0.25) is 5.02 Å². The number of aromatic nitrogens is 1. The second kappa shape index (κ2) is 7.15. The number of halogens is 3. The van der Waals surface area contributed by atoms with Crippen molar-refractivity contribution in [2.24, 2.45) is 0 Å². The molecule has 0 saturated carbocycles. The maximum atomic E-state index is 14.1. The third kappa shape index (κ3) is 3.49. The zero-order chi connectivity index (χ0) is 17.1. The highest BCUT2D eigenvalue weighted by Crippen LogP contribution is 2.25. The first-order valence-corrected chi connectivity index (χ1v) is 8.14. The fraction of sp³-hybridized carbons (Fsp3) is 0.0588. The molecule has 1 aromatic carbocycles. The van der Waals surface area contributed by atoms with Gasteiger partial charge in [-0.3, -0.25) is 9.69 Å². The third-order valence-corrected chi connectivity index (χ3v) is 4.11. The van der Waals surface area contributed by atoms with Crippen LogP contribution in [-0.2, 0) is 6.54 Å². The number of carbonyl (C=O) groups excluding carboxylic acids is 1.